The van der Waals surface area contributed by atoms with E-state index in [-0.39, 0.29) is 6.61 Å². The SMILES string of the molecule is CCCCCCCCCc1ccc(OCC(CN2C=C3CC=CC=C3CC2)OS(=O)(=O)O)cc1. The highest BCUT2D eigenvalue weighted by molar-refractivity contribution is 7.80. The van der Waals surface area contributed by atoms with Gasteiger partial charge in [-0.05, 0) is 54.5 Å². The van der Waals surface area contributed by atoms with E-state index in [0.29, 0.717) is 12.3 Å². The van der Waals surface area contributed by atoms with Crippen molar-refractivity contribution in [3.05, 3.63) is 65.4 Å². The van der Waals surface area contributed by atoms with Crippen molar-refractivity contribution in [1.82, 2.24) is 4.90 Å². The Balaban J connectivity index is 1.46. The van der Waals surface area contributed by atoms with E-state index in [1.807, 2.05) is 17.0 Å². The molecule has 0 fully saturated rings. The molecule has 1 aliphatic carbocycles. The molecule has 1 atom stereocenters. The lowest BCUT2D eigenvalue weighted by atomic mass is 9.93. The van der Waals surface area contributed by atoms with Crippen molar-refractivity contribution in [2.24, 2.45) is 0 Å². The van der Waals surface area contributed by atoms with Crippen LogP contribution >= 0.6 is 0 Å². The highest BCUT2D eigenvalue weighted by atomic mass is 32.3. The standard InChI is InChI=1S/C27H39NO5S/c1-2-3-4-5-6-7-8-11-23-14-16-26(17-15-23)32-22-27(33-34(29,30)31)21-28-19-18-24-12-9-10-13-25(24)20-28/h9-10,12,14-17,20,27H,2-8,11,13,18-19,21-22H2,1H3,(H,29,30,31). The van der Waals surface area contributed by atoms with E-state index < -0.39 is 16.5 Å². The highest BCUT2D eigenvalue weighted by Gasteiger charge is 2.23. The number of hydrogen-bond donors (Lipinski definition) is 1. The molecule has 188 valence electrons. The van der Waals surface area contributed by atoms with Crippen LogP contribution in [0.2, 0.25) is 0 Å². The molecule has 6 nitrogen and oxygen atoms in total. The minimum Gasteiger partial charge on any atom is -0.491 e. The summed E-state index contributed by atoms with van der Waals surface area (Å²) in [5, 5.41) is 0. The summed E-state index contributed by atoms with van der Waals surface area (Å²) in [6.45, 7) is 3.35. The third-order valence-corrected chi connectivity index (χ3v) is 6.83. The second kappa shape index (κ2) is 13.7. The molecule has 1 aromatic carbocycles. The van der Waals surface area contributed by atoms with Crippen LogP contribution in [-0.4, -0.2) is 43.7 Å². The fourth-order valence-electron chi connectivity index (χ4n) is 4.46. The van der Waals surface area contributed by atoms with E-state index in [4.69, 9.17) is 8.92 Å². The van der Waals surface area contributed by atoms with Gasteiger partial charge in [0.15, 0.2) is 0 Å². The Morgan fingerprint density at radius 2 is 1.76 bits per heavy atom. The van der Waals surface area contributed by atoms with Gasteiger partial charge < -0.3 is 9.64 Å². The summed E-state index contributed by atoms with van der Waals surface area (Å²) in [5.74, 6) is 0.659. The molecule has 1 N–H and O–H groups in total. The van der Waals surface area contributed by atoms with Crippen molar-refractivity contribution in [3.8, 4) is 5.75 Å². The summed E-state index contributed by atoms with van der Waals surface area (Å²) < 4.78 is 42.8. The van der Waals surface area contributed by atoms with E-state index in [1.54, 1.807) is 0 Å². The minimum atomic E-state index is -4.58. The first kappa shape index (κ1) is 26.5. The van der Waals surface area contributed by atoms with Gasteiger partial charge in [-0.3, -0.25) is 4.55 Å². The van der Waals surface area contributed by atoms with Crippen molar-refractivity contribution in [2.75, 3.05) is 19.7 Å². The van der Waals surface area contributed by atoms with Gasteiger partial charge in [-0.2, -0.15) is 8.42 Å². The average molecular weight is 490 g/mol. The maximum Gasteiger partial charge on any atom is 0.397 e. The van der Waals surface area contributed by atoms with E-state index in [1.165, 1.54) is 61.7 Å². The van der Waals surface area contributed by atoms with Crippen LogP contribution in [0.1, 0.15) is 70.3 Å². The molecule has 0 radical (unpaired) electrons. The number of benzene rings is 1. The predicted molar refractivity (Wildman–Crippen MR) is 136 cm³/mol. The van der Waals surface area contributed by atoms with Crippen LogP contribution in [0, 0.1) is 0 Å². The third-order valence-electron chi connectivity index (χ3n) is 6.31. The molecule has 0 bridgehead atoms. The Morgan fingerprint density at radius 3 is 2.50 bits per heavy atom. The summed E-state index contributed by atoms with van der Waals surface area (Å²) in [6, 6.07) is 7.94. The molecule has 1 heterocycles. The zero-order valence-corrected chi connectivity index (χ0v) is 21.1. The summed E-state index contributed by atoms with van der Waals surface area (Å²) in [4.78, 5) is 2.04. The fourth-order valence-corrected chi connectivity index (χ4v) is 4.92. The van der Waals surface area contributed by atoms with Gasteiger partial charge in [0.25, 0.3) is 0 Å². The van der Waals surface area contributed by atoms with Crippen LogP contribution in [0.3, 0.4) is 0 Å². The van der Waals surface area contributed by atoms with Gasteiger partial charge in [0.05, 0.1) is 0 Å². The Morgan fingerprint density at radius 1 is 1.03 bits per heavy atom. The Kier molecular flexibility index (Phi) is 10.7. The van der Waals surface area contributed by atoms with Crippen LogP contribution < -0.4 is 4.74 Å². The van der Waals surface area contributed by atoms with Gasteiger partial charge in [0, 0.05) is 19.3 Å². The van der Waals surface area contributed by atoms with Crippen LogP contribution in [-0.2, 0) is 21.0 Å². The van der Waals surface area contributed by atoms with Gasteiger partial charge in [-0.15, -0.1) is 0 Å². The second-order valence-electron chi connectivity index (χ2n) is 9.20. The summed E-state index contributed by atoms with van der Waals surface area (Å²) in [5.41, 5.74) is 3.83. The Bertz CT molecular complexity index is 950. The lowest BCUT2D eigenvalue weighted by Gasteiger charge is -2.31. The predicted octanol–water partition coefficient (Wildman–Crippen LogP) is 6.02. The van der Waals surface area contributed by atoms with Crippen molar-refractivity contribution in [1.29, 1.82) is 0 Å². The second-order valence-corrected chi connectivity index (χ2v) is 10.2. The molecule has 0 spiro atoms. The van der Waals surface area contributed by atoms with E-state index in [9.17, 15) is 13.0 Å². The molecule has 1 aromatic rings. The zero-order chi connectivity index (χ0) is 24.2. The first-order chi connectivity index (χ1) is 16.4. The van der Waals surface area contributed by atoms with Gasteiger partial charge in [0.1, 0.15) is 18.5 Å². The molecule has 3 rings (SSSR count). The van der Waals surface area contributed by atoms with Crippen molar-refractivity contribution < 1.29 is 21.9 Å². The van der Waals surface area contributed by atoms with Crippen LogP contribution in [0.25, 0.3) is 0 Å². The van der Waals surface area contributed by atoms with Crippen molar-refractivity contribution in [3.63, 3.8) is 0 Å². The maximum absolute atomic E-state index is 11.4. The van der Waals surface area contributed by atoms with Crippen molar-refractivity contribution >= 4 is 10.4 Å². The quantitative estimate of drug-likeness (QED) is 0.240. The third kappa shape index (κ3) is 9.65. The maximum atomic E-state index is 11.4. The number of aryl methyl sites for hydroxylation is 1. The molecule has 0 saturated carbocycles. The number of hydrogen-bond acceptors (Lipinski definition) is 5. The molecule has 34 heavy (non-hydrogen) atoms. The first-order valence-electron chi connectivity index (χ1n) is 12.6. The Hall–Kier alpha value is -2.09. The monoisotopic (exact) mass is 489 g/mol. The number of rotatable bonds is 15. The van der Waals surface area contributed by atoms with Gasteiger partial charge in [-0.25, -0.2) is 4.18 Å². The molecule has 7 heteroatoms. The highest BCUT2D eigenvalue weighted by Crippen LogP contribution is 2.27. The van der Waals surface area contributed by atoms with Crippen LogP contribution in [0.5, 0.6) is 5.75 Å². The Labute approximate surface area is 205 Å². The zero-order valence-electron chi connectivity index (χ0n) is 20.3. The van der Waals surface area contributed by atoms with Gasteiger partial charge in [-0.1, -0.05) is 75.8 Å². The molecule has 1 aliphatic heterocycles. The number of fused-ring (bicyclic) bond motifs is 1. The van der Waals surface area contributed by atoms with E-state index in [0.717, 1.165) is 25.8 Å². The topological polar surface area (TPSA) is 76.1 Å². The van der Waals surface area contributed by atoms with E-state index in [2.05, 4.69) is 43.5 Å². The summed E-state index contributed by atoms with van der Waals surface area (Å²) in [6.07, 6.45) is 19.4. The normalized spacial score (nSPS) is 16.6. The molecule has 0 saturated heterocycles. The summed E-state index contributed by atoms with van der Waals surface area (Å²) in [7, 11) is -4.58. The molecule has 0 aromatic heterocycles. The smallest absolute Gasteiger partial charge is 0.397 e. The van der Waals surface area contributed by atoms with Crippen molar-refractivity contribution in [2.45, 2.75) is 77.2 Å². The van der Waals surface area contributed by atoms with Gasteiger partial charge >= 0.3 is 10.4 Å². The lowest BCUT2D eigenvalue weighted by Crippen LogP contribution is -2.38. The summed E-state index contributed by atoms with van der Waals surface area (Å²) >= 11 is 0. The molecule has 0 amide bonds. The molecule has 1 unspecified atom stereocenters. The molecule has 2 aliphatic rings. The molecular formula is C27H39NO5S. The largest absolute Gasteiger partial charge is 0.491 e. The first-order valence-corrected chi connectivity index (χ1v) is 14.0. The van der Waals surface area contributed by atoms with Crippen LogP contribution in [0.15, 0.2) is 59.8 Å². The molecular weight excluding hydrogens is 450 g/mol. The average Bonchev–Trinajstić information content (AvgIpc) is 2.82. The number of unbranched alkanes of at least 4 members (excludes halogenated alkanes) is 6. The number of ether oxygens (including phenoxy) is 1. The minimum absolute atomic E-state index is 0.0270. The number of nitrogens with zero attached hydrogens (tertiary/aromatic N) is 1. The lowest BCUT2D eigenvalue weighted by molar-refractivity contribution is 0.0940. The van der Waals surface area contributed by atoms with E-state index >= 15 is 0 Å². The number of allylic oxidation sites excluding steroid dienone is 4. The van der Waals surface area contributed by atoms with Crippen LogP contribution in [0.4, 0.5) is 0 Å². The fraction of sp³-hybridized carbons (Fsp3) is 0.556. The van der Waals surface area contributed by atoms with Gasteiger partial charge in [0.2, 0.25) is 0 Å².